The highest BCUT2D eigenvalue weighted by Crippen LogP contribution is 2.24. The molecule has 0 aliphatic rings. The van der Waals surface area contributed by atoms with Crippen molar-refractivity contribution >= 4 is 33.2 Å². The van der Waals surface area contributed by atoms with Gasteiger partial charge in [0.05, 0.1) is 16.3 Å². The fourth-order valence-electron chi connectivity index (χ4n) is 1.75. The predicted molar refractivity (Wildman–Crippen MR) is 85.2 cm³/mol. The number of halogens is 3. The molecule has 0 aliphatic carbocycles. The highest BCUT2D eigenvalue weighted by Gasteiger charge is 2.14. The van der Waals surface area contributed by atoms with Crippen molar-refractivity contribution in [2.24, 2.45) is 0 Å². The van der Waals surface area contributed by atoms with Gasteiger partial charge in [0.2, 0.25) is 5.91 Å². The fraction of sp³-hybridized carbons (Fsp3) is 0.133. The predicted octanol–water partition coefficient (Wildman–Crippen LogP) is 3.24. The molecule has 1 N–H and O–H groups in total. The first kappa shape index (κ1) is 18.3. The standard InChI is InChI=1S/C15H12F3NO3S2/c1-24(21,22)10-3-5-11(17)13(7-10)19-15(20)8-23-14-6-9(16)2-4-12(14)18/h2-7H,8H2,1H3,(H,19,20). The Hall–Kier alpha value is -2.00. The van der Waals surface area contributed by atoms with Crippen molar-refractivity contribution in [2.45, 2.75) is 9.79 Å². The molecule has 0 atom stereocenters. The highest BCUT2D eigenvalue weighted by atomic mass is 32.2. The number of nitrogens with one attached hydrogen (secondary N) is 1. The molecular weight excluding hydrogens is 363 g/mol. The topological polar surface area (TPSA) is 63.2 Å². The van der Waals surface area contributed by atoms with Gasteiger partial charge in [-0.05, 0) is 36.4 Å². The van der Waals surface area contributed by atoms with Gasteiger partial charge in [-0.25, -0.2) is 21.6 Å². The minimum Gasteiger partial charge on any atom is -0.323 e. The van der Waals surface area contributed by atoms with E-state index in [-0.39, 0.29) is 21.2 Å². The number of carbonyl (C=O) groups excluding carboxylic acids is 1. The number of amides is 1. The SMILES string of the molecule is CS(=O)(=O)c1ccc(F)c(NC(=O)CSc2cc(F)ccc2F)c1. The van der Waals surface area contributed by atoms with Crippen LogP contribution in [0.15, 0.2) is 46.2 Å². The number of thioether (sulfide) groups is 1. The third kappa shape index (κ3) is 4.75. The summed E-state index contributed by atoms with van der Waals surface area (Å²) >= 11 is 0.736. The molecule has 0 aromatic heterocycles. The van der Waals surface area contributed by atoms with E-state index < -0.39 is 33.2 Å². The number of rotatable bonds is 5. The van der Waals surface area contributed by atoms with Gasteiger partial charge < -0.3 is 5.32 Å². The number of anilines is 1. The van der Waals surface area contributed by atoms with Crippen LogP contribution in [0.1, 0.15) is 0 Å². The summed E-state index contributed by atoms with van der Waals surface area (Å²) in [7, 11) is -3.56. The molecule has 0 spiro atoms. The Morgan fingerprint density at radius 2 is 1.75 bits per heavy atom. The molecule has 2 aromatic carbocycles. The number of hydrogen-bond donors (Lipinski definition) is 1. The molecule has 1 amide bonds. The summed E-state index contributed by atoms with van der Waals surface area (Å²) in [6, 6.07) is 5.83. The van der Waals surface area contributed by atoms with Crippen molar-refractivity contribution in [1.82, 2.24) is 0 Å². The summed E-state index contributed by atoms with van der Waals surface area (Å²) in [6.45, 7) is 0. The van der Waals surface area contributed by atoms with Crippen LogP contribution in [-0.4, -0.2) is 26.3 Å². The first-order valence-electron chi connectivity index (χ1n) is 6.54. The van der Waals surface area contributed by atoms with E-state index in [1.54, 1.807) is 0 Å². The molecule has 128 valence electrons. The van der Waals surface area contributed by atoms with Gasteiger partial charge in [0.15, 0.2) is 9.84 Å². The van der Waals surface area contributed by atoms with Crippen molar-refractivity contribution < 1.29 is 26.4 Å². The molecule has 24 heavy (non-hydrogen) atoms. The first-order valence-corrected chi connectivity index (χ1v) is 9.42. The van der Waals surface area contributed by atoms with Crippen molar-refractivity contribution in [3.63, 3.8) is 0 Å². The van der Waals surface area contributed by atoms with Crippen molar-refractivity contribution in [3.05, 3.63) is 53.8 Å². The molecule has 0 saturated carbocycles. The van der Waals surface area contributed by atoms with Gasteiger partial charge >= 0.3 is 0 Å². The number of carbonyl (C=O) groups is 1. The third-order valence-electron chi connectivity index (χ3n) is 2.89. The van der Waals surface area contributed by atoms with E-state index >= 15 is 0 Å². The Morgan fingerprint density at radius 1 is 1.08 bits per heavy atom. The van der Waals surface area contributed by atoms with Crippen molar-refractivity contribution in [3.8, 4) is 0 Å². The van der Waals surface area contributed by atoms with Crippen LogP contribution in [0.5, 0.6) is 0 Å². The second kappa shape index (κ2) is 7.27. The van der Waals surface area contributed by atoms with Crippen LogP contribution in [-0.2, 0) is 14.6 Å². The Kier molecular flexibility index (Phi) is 5.55. The van der Waals surface area contributed by atoms with Crippen LogP contribution in [0.3, 0.4) is 0 Å². The molecule has 0 radical (unpaired) electrons. The Labute approximate surface area is 141 Å². The first-order chi connectivity index (χ1) is 11.2. The van der Waals surface area contributed by atoms with Crippen LogP contribution in [0.25, 0.3) is 0 Å². The van der Waals surface area contributed by atoms with E-state index in [1.165, 1.54) is 0 Å². The van der Waals surface area contributed by atoms with E-state index in [1.807, 2.05) is 0 Å². The average molecular weight is 375 g/mol. The van der Waals surface area contributed by atoms with Crippen LogP contribution < -0.4 is 5.32 Å². The van der Waals surface area contributed by atoms with Gasteiger partial charge in [-0.1, -0.05) is 0 Å². The quantitative estimate of drug-likeness (QED) is 0.644. The van der Waals surface area contributed by atoms with E-state index in [0.29, 0.717) is 0 Å². The summed E-state index contributed by atoms with van der Waals surface area (Å²) in [5.74, 6) is -3.13. The maximum Gasteiger partial charge on any atom is 0.234 e. The molecule has 2 rings (SSSR count). The largest absolute Gasteiger partial charge is 0.323 e. The minimum absolute atomic E-state index is 0.0597. The fourth-order valence-corrected chi connectivity index (χ4v) is 3.16. The smallest absolute Gasteiger partial charge is 0.234 e. The van der Waals surface area contributed by atoms with Crippen LogP contribution in [0.4, 0.5) is 18.9 Å². The highest BCUT2D eigenvalue weighted by molar-refractivity contribution is 8.00. The zero-order chi connectivity index (χ0) is 17.9. The normalized spacial score (nSPS) is 11.3. The molecule has 0 unspecified atom stereocenters. The van der Waals surface area contributed by atoms with Gasteiger partial charge in [-0.15, -0.1) is 11.8 Å². The van der Waals surface area contributed by atoms with Gasteiger partial charge in [-0.2, -0.15) is 0 Å². The molecule has 0 bridgehead atoms. The second-order valence-electron chi connectivity index (χ2n) is 4.83. The van der Waals surface area contributed by atoms with E-state index in [2.05, 4.69) is 5.32 Å². The lowest BCUT2D eigenvalue weighted by Gasteiger charge is -2.08. The molecule has 0 saturated heterocycles. The van der Waals surface area contributed by atoms with Crippen LogP contribution >= 0.6 is 11.8 Å². The monoisotopic (exact) mass is 375 g/mol. The van der Waals surface area contributed by atoms with E-state index in [0.717, 1.165) is 54.4 Å². The zero-order valence-corrected chi connectivity index (χ0v) is 14.0. The molecule has 2 aromatic rings. The van der Waals surface area contributed by atoms with Gasteiger partial charge in [0, 0.05) is 11.2 Å². The third-order valence-corrected chi connectivity index (χ3v) is 5.03. The average Bonchev–Trinajstić information content (AvgIpc) is 2.49. The van der Waals surface area contributed by atoms with Crippen molar-refractivity contribution in [1.29, 1.82) is 0 Å². The summed E-state index contributed by atoms with van der Waals surface area (Å²) < 4.78 is 63.1. The number of sulfone groups is 1. The summed E-state index contributed by atoms with van der Waals surface area (Å²) in [4.78, 5) is 11.6. The lowest BCUT2D eigenvalue weighted by Crippen LogP contribution is -2.15. The lowest BCUT2D eigenvalue weighted by atomic mass is 10.3. The minimum atomic E-state index is -3.56. The molecule has 4 nitrogen and oxygen atoms in total. The molecule has 0 aliphatic heterocycles. The Balaban J connectivity index is 2.09. The summed E-state index contributed by atoms with van der Waals surface area (Å²) in [6.07, 6.45) is 0.953. The maximum absolute atomic E-state index is 13.7. The van der Waals surface area contributed by atoms with Gasteiger partial charge in [0.25, 0.3) is 0 Å². The van der Waals surface area contributed by atoms with Crippen LogP contribution in [0.2, 0.25) is 0 Å². The number of benzene rings is 2. The molecule has 0 heterocycles. The Morgan fingerprint density at radius 3 is 2.42 bits per heavy atom. The summed E-state index contributed by atoms with van der Waals surface area (Å²) in [5, 5.41) is 2.21. The van der Waals surface area contributed by atoms with Crippen LogP contribution in [0, 0.1) is 17.5 Å². The van der Waals surface area contributed by atoms with Crippen molar-refractivity contribution in [2.75, 3.05) is 17.3 Å². The van der Waals surface area contributed by atoms with Gasteiger partial charge in [-0.3, -0.25) is 4.79 Å². The van der Waals surface area contributed by atoms with Gasteiger partial charge in [0.1, 0.15) is 17.5 Å². The lowest BCUT2D eigenvalue weighted by molar-refractivity contribution is -0.113. The van der Waals surface area contributed by atoms with E-state index in [4.69, 9.17) is 0 Å². The molecular formula is C15H12F3NO3S2. The maximum atomic E-state index is 13.7. The molecule has 0 fully saturated rings. The number of hydrogen-bond acceptors (Lipinski definition) is 4. The zero-order valence-electron chi connectivity index (χ0n) is 12.3. The Bertz CT molecular complexity index is 886. The van der Waals surface area contributed by atoms with E-state index in [9.17, 15) is 26.4 Å². The molecule has 9 heteroatoms. The summed E-state index contributed by atoms with van der Waals surface area (Å²) in [5.41, 5.74) is -0.303. The second-order valence-corrected chi connectivity index (χ2v) is 7.86.